The van der Waals surface area contributed by atoms with Crippen LogP contribution < -0.4 is 20.7 Å². The highest BCUT2D eigenvalue weighted by Gasteiger charge is 2.15. The van der Waals surface area contributed by atoms with E-state index in [-0.39, 0.29) is 30.8 Å². The number of carbonyl (C=O) groups excluding carboxylic acids is 2. The van der Waals surface area contributed by atoms with E-state index in [1.54, 1.807) is 19.1 Å². The number of hydrogen-bond acceptors (Lipinski definition) is 7. The number of ether oxygens (including phenoxy) is 1. The van der Waals surface area contributed by atoms with E-state index in [1.807, 2.05) is 0 Å². The van der Waals surface area contributed by atoms with Gasteiger partial charge in [-0.2, -0.15) is 0 Å². The number of amides is 2. The van der Waals surface area contributed by atoms with Crippen LogP contribution in [0.5, 0.6) is 5.75 Å². The molecule has 35 heavy (non-hydrogen) atoms. The number of aliphatic carboxylic acids is 1. The van der Waals surface area contributed by atoms with Gasteiger partial charge in [0, 0.05) is 30.0 Å². The van der Waals surface area contributed by atoms with Gasteiger partial charge in [0.05, 0.1) is 29.4 Å². The Morgan fingerprint density at radius 1 is 1.11 bits per heavy atom. The Morgan fingerprint density at radius 3 is 2.63 bits per heavy atom. The van der Waals surface area contributed by atoms with Crippen molar-refractivity contribution in [2.24, 2.45) is 0 Å². The molecular weight excluding hydrogens is 481 g/mol. The molecule has 2 amide bonds. The highest BCUT2D eigenvalue weighted by Crippen LogP contribution is 2.33. The molecule has 0 radical (unpaired) electrons. The van der Waals surface area contributed by atoms with Crippen molar-refractivity contribution in [2.75, 3.05) is 23.8 Å². The zero-order valence-electron chi connectivity index (χ0n) is 18.7. The third kappa shape index (κ3) is 7.24. The minimum absolute atomic E-state index is 0.000475. The lowest BCUT2D eigenvalue weighted by atomic mass is 10.1. The van der Waals surface area contributed by atoms with Crippen molar-refractivity contribution in [1.29, 1.82) is 0 Å². The quantitative estimate of drug-likeness (QED) is 0.309. The summed E-state index contributed by atoms with van der Waals surface area (Å²) in [6, 6.07) is 7.42. The first-order valence-corrected chi connectivity index (χ1v) is 11.1. The average molecular weight is 504 g/mol. The zero-order valence-corrected chi connectivity index (χ0v) is 19.5. The van der Waals surface area contributed by atoms with Gasteiger partial charge in [0.25, 0.3) is 0 Å². The van der Waals surface area contributed by atoms with Gasteiger partial charge in [0.15, 0.2) is 0 Å². The predicted octanol–water partition coefficient (Wildman–Crippen LogP) is 3.87. The van der Waals surface area contributed by atoms with Gasteiger partial charge >= 0.3 is 5.97 Å². The molecule has 2 aromatic carbocycles. The number of anilines is 3. The van der Waals surface area contributed by atoms with Crippen LogP contribution >= 0.6 is 11.6 Å². The number of carboxylic acids is 1. The number of hydrogen-bond donors (Lipinski definition) is 4. The fourth-order valence-corrected chi connectivity index (χ4v) is 3.31. The van der Waals surface area contributed by atoms with Crippen LogP contribution in [0.25, 0.3) is 10.9 Å². The summed E-state index contributed by atoms with van der Waals surface area (Å²) < 4.78 is 19.1. The second-order valence-corrected chi connectivity index (χ2v) is 7.75. The molecule has 0 unspecified atom stereocenters. The average Bonchev–Trinajstić information content (AvgIpc) is 2.81. The minimum Gasteiger partial charge on any atom is -0.492 e. The van der Waals surface area contributed by atoms with Gasteiger partial charge in [-0.3, -0.25) is 14.4 Å². The van der Waals surface area contributed by atoms with Gasteiger partial charge in [0.1, 0.15) is 23.7 Å². The molecular formula is C23H23ClFN5O5. The lowest BCUT2D eigenvalue weighted by molar-refractivity contribution is -0.137. The van der Waals surface area contributed by atoms with E-state index >= 15 is 0 Å². The molecule has 0 aliphatic rings. The Kier molecular flexibility index (Phi) is 8.74. The molecule has 0 aliphatic heterocycles. The minimum atomic E-state index is -0.990. The monoisotopic (exact) mass is 503 g/mol. The maximum Gasteiger partial charge on any atom is 0.303 e. The molecule has 1 heterocycles. The number of carboxylic acid groups (broad SMARTS) is 1. The molecule has 0 saturated carbocycles. The van der Waals surface area contributed by atoms with Crippen molar-refractivity contribution in [2.45, 2.75) is 26.2 Å². The highest BCUT2D eigenvalue weighted by molar-refractivity contribution is 6.31. The smallest absolute Gasteiger partial charge is 0.303 e. The van der Waals surface area contributed by atoms with Crippen LogP contribution in [0.2, 0.25) is 5.02 Å². The summed E-state index contributed by atoms with van der Waals surface area (Å²) in [5.74, 6) is -1.71. The highest BCUT2D eigenvalue weighted by atomic mass is 35.5. The van der Waals surface area contributed by atoms with Crippen molar-refractivity contribution >= 4 is 57.5 Å². The maximum absolute atomic E-state index is 13.5. The third-order valence-electron chi connectivity index (χ3n) is 4.73. The Labute approximate surface area is 204 Å². The van der Waals surface area contributed by atoms with E-state index in [4.69, 9.17) is 21.4 Å². The standard InChI is InChI=1S/C23H23ClFN5O5/c1-2-35-19-10-17-14(23(28-12-27-17)29-13-6-7-16(25)15(24)8-13)9-18(19)30-21(32)11-26-20(31)4-3-5-22(33)34/h6-10,12H,2-5,11H2,1H3,(H,26,31)(H,30,32)(H,33,34)(H,27,28,29). The van der Waals surface area contributed by atoms with Gasteiger partial charge in [-0.05, 0) is 37.6 Å². The molecule has 184 valence electrons. The molecule has 0 saturated heterocycles. The maximum atomic E-state index is 13.5. The first-order valence-electron chi connectivity index (χ1n) is 10.7. The van der Waals surface area contributed by atoms with Crippen LogP contribution in [0.1, 0.15) is 26.2 Å². The number of aromatic nitrogens is 2. The molecule has 4 N–H and O–H groups in total. The number of halogens is 2. The van der Waals surface area contributed by atoms with Crippen LogP contribution in [0.3, 0.4) is 0 Å². The molecule has 0 spiro atoms. The molecule has 12 heteroatoms. The van der Waals surface area contributed by atoms with E-state index < -0.39 is 23.6 Å². The fourth-order valence-electron chi connectivity index (χ4n) is 3.13. The second kappa shape index (κ2) is 11.9. The van der Waals surface area contributed by atoms with Gasteiger partial charge in [0.2, 0.25) is 11.8 Å². The molecule has 1 aromatic heterocycles. The van der Waals surface area contributed by atoms with E-state index in [0.29, 0.717) is 40.5 Å². The van der Waals surface area contributed by atoms with Crippen molar-refractivity contribution in [3.05, 3.63) is 47.5 Å². The molecule has 0 bridgehead atoms. The Morgan fingerprint density at radius 2 is 1.91 bits per heavy atom. The molecule has 10 nitrogen and oxygen atoms in total. The summed E-state index contributed by atoms with van der Waals surface area (Å²) in [6.45, 7) is 1.82. The summed E-state index contributed by atoms with van der Waals surface area (Å²) in [5, 5.41) is 17.3. The summed E-state index contributed by atoms with van der Waals surface area (Å²) >= 11 is 5.86. The number of nitrogens with zero attached hydrogens (tertiary/aromatic N) is 2. The molecule has 3 rings (SSSR count). The second-order valence-electron chi connectivity index (χ2n) is 7.35. The first-order chi connectivity index (χ1) is 16.8. The van der Waals surface area contributed by atoms with Crippen LogP contribution in [-0.2, 0) is 14.4 Å². The summed E-state index contributed by atoms with van der Waals surface area (Å²) in [5.41, 5.74) is 1.37. The van der Waals surface area contributed by atoms with E-state index in [1.165, 1.54) is 24.5 Å². The Balaban J connectivity index is 1.78. The topological polar surface area (TPSA) is 143 Å². The van der Waals surface area contributed by atoms with Crippen molar-refractivity contribution in [3.8, 4) is 5.75 Å². The summed E-state index contributed by atoms with van der Waals surface area (Å²) in [7, 11) is 0. The van der Waals surface area contributed by atoms with Gasteiger partial charge < -0.3 is 25.8 Å². The van der Waals surface area contributed by atoms with Gasteiger partial charge in [-0.25, -0.2) is 14.4 Å². The largest absolute Gasteiger partial charge is 0.492 e. The Hall–Kier alpha value is -3.99. The predicted molar refractivity (Wildman–Crippen MR) is 129 cm³/mol. The van der Waals surface area contributed by atoms with E-state index in [9.17, 15) is 18.8 Å². The number of benzene rings is 2. The van der Waals surface area contributed by atoms with Crippen molar-refractivity contribution < 1.29 is 28.6 Å². The Bertz CT molecular complexity index is 1260. The SMILES string of the molecule is CCOc1cc2ncnc(Nc3ccc(F)c(Cl)c3)c2cc1NC(=O)CNC(=O)CCCC(=O)O. The van der Waals surface area contributed by atoms with Crippen LogP contribution in [0.15, 0.2) is 36.7 Å². The fraction of sp³-hybridized carbons (Fsp3) is 0.261. The molecule has 0 atom stereocenters. The van der Waals surface area contributed by atoms with Crippen LogP contribution in [0.4, 0.5) is 21.6 Å². The number of nitrogens with one attached hydrogen (secondary N) is 3. The van der Waals surface area contributed by atoms with Crippen molar-refractivity contribution in [1.82, 2.24) is 15.3 Å². The summed E-state index contributed by atoms with van der Waals surface area (Å²) in [6.07, 6.45) is 1.40. The number of carbonyl (C=O) groups is 3. The van der Waals surface area contributed by atoms with Gasteiger partial charge in [-0.15, -0.1) is 0 Å². The molecule has 0 fully saturated rings. The molecule has 3 aromatic rings. The molecule has 0 aliphatic carbocycles. The van der Waals surface area contributed by atoms with Crippen LogP contribution in [0, 0.1) is 5.82 Å². The normalized spacial score (nSPS) is 10.6. The van der Waals surface area contributed by atoms with E-state index in [0.717, 1.165) is 0 Å². The third-order valence-corrected chi connectivity index (χ3v) is 5.02. The lowest BCUT2D eigenvalue weighted by Crippen LogP contribution is -2.32. The first kappa shape index (κ1) is 25.6. The number of fused-ring (bicyclic) bond motifs is 1. The zero-order chi connectivity index (χ0) is 25.4. The van der Waals surface area contributed by atoms with E-state index in [2.05, 4.69) is 25.9 Å². The summed E-state index contributed by atoms with van der Waals surface area (Å²) in [4.78, 5) is 43.3. The van der Waals surface area contributed by atoms with Gasteiger partial charge in [-0.1, -0.05) is 11.6 Å². The van der Waals surface area contributed by atoms with Crippen LogP contribution in [-0.4, -0.2) is 46.0 Å². The number of rotatable bonds is 11. The van der Waals surface area contributed by atoms with Crippen molar-refractivity contribution in [3.63, 3.8) is 0 Å². The lowest BCUT2D eigenvalue weighted by Gasteiger charge is -2.15.